The normalized spacial score (nSPS) is 43.8. The van der Waals surface area contributed by atoms with E-state index in [1.54, 1.807) is 0 Å². The Morgan fingerprint density at radius 2 is 1.96 bits per heavy atom. The number of fused-ring (bicyclic) bond motifs is 6. The number of carbonyl (C=O) groups excluding carboxylic acids is 1. The molecule has 1 aromatic rings. The molecule has 6 atom stereocenters. The molecule has 4 aliphatic rings. The minimum Gasteiger partial charge on any atom is -0.299 e. The highest BCUT2D eigenvalue weighted by Gasteiger charge is 2.60. The van der Waals surface area contributed by atoms with Gasteiger partial charge in [0.15, 0.2) is 0 Å². The molecule has 138 valence electrons. The van der Waals surface area contributed by atoms with Crippen LogP contribution in [0, 0.1) is 52.8 Å². The lowest BCUT2D eigenvalue weighted by atomic mass is 9.45. The SMILES string of the molecule is Cc1sc2c(c1C#N)C[C@@H]1CC[C@H]3[C@H](CC[C@@]4(C)C(=O)CC[C@@H]34)[C@@]1(C)C2. The number of hydrogen-bond donors (Lipinski definition) is 0. The van der Waals surface area contributed by atoms with Crippen LogP contribution in [-0.2, 0) is 17.6 Å². The van der Waals surface area contributed by atoms with Crippen LogP contribution in [0.2, 0.25) is 0 Å². The first-order valence-corrected chi connectivity index (χ1v) is 11.2. The number of thiophene rings is 1. The summed E-state index contributed by atoms with van der Waals surface area (Å²) in [7, 11) is 0. The lowest BCUT2D eigenvalue weighted by Crippen LogP contribution is -2.54. The third kappa shape index (κ3) is 2.00. The summed E-state index contributed by atoms with van der Waals surface area (Å²) in [6.45, 7) is 6.95. The van der Waals surface area contributed by atoms with E-state index in [0.717, 1.165) is 49.0 Å². The number of nitrogens with zero attached hydrogens (tertiary/aromatic N) is 1. The number of nitriles is 1. The van der Waals surface area contributed by atoms with Gasteiger partial charge in [-0.25, -0.2) is 0 Å². The molecule has 1 aromatic heterocycles. The molecule has 0 amide bonds. The van der Waals surface area contributed by atoms with Crippen molar-refractivity contribution >= 4 is 17.1 Å². The van der Waals surface area contributed by atoms with Crippen LogP contribution < -0.4 is 0 Å². The first-order chi connectivity index (χ1) is 12.4. The Morgan fingerprint density at radius 1 is 1.15 bits per heavy atom. The molecule has 0 aromatic carbocycles. The van der Waals surface area contributed by atoms with Gasteiger partial charge in [0, 0.05) is 21.6 Å². The molecule has 4 aliphatic carbocycles. The maximum atomic E-state index is 12.6. The van der Waals surface area contributed by atoms with Gasteiger partial charge in [-0.15, -0.1) is 11.3 Å². The van der Waals surface area contributed by atoms with Gasteiger partial charge in [0.2, 0.25) is 0 Å². The van der Waals surface area contributed by atoms with Crippen molar-refractivity contribution in [2.45, 2.75) is 72.1 Å². The van der Waals surface area contributed by atoms with Gasteiger partial charge >= 0.3 is 0 Å². The molecule has 0 saturated heterocycles. The Bertz CT molecular complexity index is 832. The predicted molar refractivity (Wildman–Crippen MR) is 104 cm³/mol. The van der Waals surface area contributed by atoms with Crippen LogP contribution in [0.4, 0.5) is 0 Å². The van der Waals surface area contributed by atoms with Crippen molar-refractivity contribution in [3.8, 4) is 6.07 Å². The third-order valence-corrected chi connectivity index (χ3v) is 10.3. The Labute approximate surface area is 161 Å². The van der Waals surface area contributed by atoms with Crippen molar-refractivity contribution in [2.24, 2.45) is 34.5 Å². The summed E-state index contributed by atoms with van der Waals surface area (Å²) in [5.41, 5.74) is 2.71. The molecule has 3 fully saturated rings. The average Bonchev–Trinajstić information content (AvgIpc) is 3.07. The van der Waals surface area contributed by atoms with Gasteiger partial charge in [0.05, 0.1) is 5.56 Å². The van der Waals surface area contributed by atoms with Crippen LogP contribution in [0.1, 0.15) is 73.3 Å². The van der Waals surface area contributed by atoms with E-state index in [1.165, 1.54) is 41.0 Å². The maximum Gasteiger partial charge on any atom is 0.139 e. The van der Waals surface area contributed by atoms with Crippen LogP contribution in [-0.4, -0.2) is 5.78 Å². The van der Waals surface area contributed by atoms with Crippen LogP contribution in [0.15, 0.2) is 0 Å². The van der Waals surface area contributed by atoms with E-state index in [1.807, 2.05) is 11.3 Å². The average molecular weight is 368 g/mol. The highest BCUT2D eigenvalue weighted by atomic mass is 32.1. The molecule has 0 spiro atoms. The zero-order valence-corrected chi connectivity index (χ0v) is 17.0. The van der Waals surface area contributed by atoms with Gasteiger partial charge in [0.1, 0.15) is 11.9 Å². The van der Waals surface area contributed by atoms with Crippen LogP contribution >= 0.6 is 11.3 Å². The van der Waals surface area contributed by atoms with Crippen molar-refractivity contribution in [1.82, 2.24) is 0 Å². The fourth-order valence-electron chi connectivity index (χ4n) is 7.66. The highest BCUT2D eigenvalue weighted by Crippen LogP contribution is 2.65. The van der Waals surface area contributed by atoms with Gasteiger partial charge < -0.3 is 0 Å². The molecule has 1 heterocycles. The zero-order chi connectivity index (χ0) is 18.3. The summed E-state index contributed by atoms with van der Waals surface area (Å²) >= 11 is 1.88. The number of aryl methyl sites for hydroxylation is 1. The van der Waals surface area contributed by atoms with Crippen molar-refractivity contribution in [3.05, 3.63) is 20.9 Å². The van der Waals surface area contributed by atoms with Gasteiger partial charge in [-0.05, 0) is 86.5 Å². The van der Waals surface area contributed by atoms with Gasteiger partial charge in [0.25, 0.3) is 0 Å². The zero-order valence-electron chi connectivity index (χ0n) is 16.2. The first-order valence-electron chi connectivity index (χ1n) is 10.4. The molecule has 0 N–H and O–H groups in total. The van der Waals surface area contributed by atoms with Crippen LogP contribution in [0.25, 0.3) is 0 Å². The molecule has 0 bridgehead atoms. The minimum absolute atomic E-state index is 0.0162. The standard InChI is InChI=1S/C23H29NOS/c1-13-17(12-24)16-10-14-4-5-15-18-6-7-21(25)22(18,2)9-8-19(15)23(14,3)11-20(16)26-13/h14-15,18-19H,4-11H2,1-3H3/t14-,15+,18-,19-,22+,23-/m0/s1. The fraction of sp³-hybridized carbons (Fsp3) is 0.739. The minimum atomic E-state index is -0.0162. The van der Waals surface area contributed by atoms with E-state index >= 15 is 0 Å². The highest BCUT2D eigenvalue weighted by molar-refractivity contribution is 7.12. The van der Waals surface area contributed by atoms with E-state index in [2.05, 4.69) is 26.8 Å². The maximum absolute atomic E-state index is 12.6. The molecular formula is C23H29NOS. The first kappa shape index (κ1) is 17.0. The summed E-state index contributed by atoms with van der Waals surface area (Å²) < 4.78 is 0. The van der Waals surface area contributed by atoms with Gasteiger partial charge in [-0.1, -0.05) is 13.8 Å². The molecule has 0 unspecified atom stereocenters. The molecule has 3 saturated carbocycles. The Hall–Kier alpha value is -1.14. The number of ketones is 1. The van der Waals surface area contributed by atoms with E-state index in [0.29, 0.717) is 17.1 Å². The molecule has 0 radical (unpaired) electrons. The number of Topliss-reactive ketones (excluding diaryl/α,β-unsaturated/α-hetero) is 1. The van der Waals surface area contributed by atoms with E-state index in [4.69, 9.17) is 0 Å². The molecule has 26 heavy (non-hydrogen) atoms. The van der Waals surface area contributed by atoms with Crippen molar-refractivity contribution < 1.29 is 4.79 Å². The summed E-state index contributed by atoms with van der Waals surface area (Å²) in [5, 5.41) is 9.59. The third-order valence-electron chi connectivity index (χ3n) is 9.14. The lowest BCUT2D eigenvalue weighted by molar-refractivity contribution is -0.136. The Kier molecular flexibility index (Phi) is 3.56. The summed E-state index contributed by atoms with van der Waals surface area (Å²) in [5.74, 6) is 3.42. The van der Waals surface area contributed by atoms with E-state index in [9.17, 15) is 10.1 Å². The quantitative estimate of drug-likeness (QED) is 0.611. The molecule has 2 nitrogen and oxygen atoms in total. The summed E-state index contributed by atoms with van der Waals surface area (Å²) in [6, 6.07) is 2.48. The van der Waals surface area contributed by atoms with Crippen molar-refractivity contribution in [2.75, 3.05) is 0 Å². The lowest BCUT2D eigenvalue weighted by Gasteiger charge is -2.59. The second kappa shape index (κ2) is 5.44. The molecule has 0 aliphatic heterocycles. The van der Waals surface area contributed by atoms with Crippen molar-refractivity contribution in [1.29, 1.82) is 5.26 Å². The van der Waals surface area contributed by atoms with E-state index in [-0.39, 0.29) is 5.41 Å². The molecule has 5 rings (SSSR count). The van der Waals surface area contributed by atoms with Crippen molar-refractivity contribution in [3.63, 3.8) is 0 Å². The fourth-order valence-corrected chi connectivity index (χ4v) is 9.00. The molecular weight excluding hydrogens is 338 g/mol. The largest absolute Gasteiger partial charge is 0.299 e. The summed E-state index contributed by atoms with van der Waals surface area (Å²) in [6.07, 6.45) is 9.18. The van der Waals surface area contributed by atoms with Gasteiger partial charge in [-0.2, -0.15) is 5.26 Å². The van der Waals surface area contributed by atoms with Crippen LogP contribution in [0.3, 0.4) is 0 Å². The van der Waals surface area contributed by atoms with Gasteiger partial charge in [-0.3, -0.25) is 4.79 Å². The monoisotopic (exact) mass is 367 g/mol. The second-order valence-electron chi connectivity index (χ2n) is 10.0. The molecule has 3 heteroatoms. The van der Waals surface area contributed by atoms with E-state index < -0.39 is 0 Å². The summed E-state index contributed by atoms with van der Waals surface area (Å²) in [4.78, 5) is 15.3. The number of rotatable bonds is 0. The second-order valence-corrected chi connectivity index (χ2v) is 11.3. The number of carbonyl (C=O) groups is 1. The van der Waals surface area contributed by atoms with Crippen LogP contribution in [0.5, 0.6) is 0 Å². The topological polar surface area (TPSA) is 40.9 Å². The predicted octanol–water partition coefficient (Wildman–Crippen LogP) is 5.45. The smallest absolute Gasteiger partial charge is 0.139 e. The number of hydrogen-bond acceptors (Lipinski definition) is 3. The Balaban J connectivity index is 1.52. The Morgan fingerprint density at radius 3 is 2.73 bits per heavy atom.